The van der Waals surface area contributed by atoms with Crippen LogP contribution >= 0.6 is 0 Å². The number of carbonyl (C=O) groups excluding carboxylic acids is 2. The standard InChI is InChI=1S/C23H35N3O2/c1-3-25(4-2)21-12-10-20(11-13-21)24-22(27)18-14-16-26(17-15-18)23(28)19-8-6-5-7-9-19/h10-13,18-19H,3-9,14-17H2,1-2H3,(H,24,27). The van der Waals surface area contributed by atoms with Gasteiger partial charge < -0.3 is 15.1 Å². The number of carbonyl (C=O) groups is 2. The van der Waals surface area contributed by atoms with Crippen LogP contribution in [0.3, 0.4) is 0 Å². The van der Waals surface area contributed by atoms with E-state index in [0.29, 0.717) is 19.0 Å². The Morgan fingerprint density at radius 1 is 0.929 bits per heavy atom. The summed E-state index contributed by atoms with van der Waals surface area (Å²) in [6, 6.07) is 8.09. The van der Waals surface area contributed by atoms with Crippen LogP contribution < -0.4 is 10.2 Å². The third-order valence-electron chi connectivity index (χ3n) is 6.40. The van der Waals surface area contributed by atoms with Crippen molar-refractivity contribution in [3.63, 3.8) is 0 Å². The van der Waals surface area contributed by atoms with Gasteiger partial charge in [0.25, 0.3) is 0 Å². The summed E-state index contributed by atoms with van der Waals surface area (Å²) in [6.07, 6.45) is 7.25. The quantitative estimate of drug-likeness (QED) is 0.795. The second-order valence-electron chi connectivity index (χ2n) is 8.14. The molecular weight excluding hydrogens is 350 g/mol. The summed E-state index contributed by atoms with van der Waals surface area (Å²) in [7, 11) is 0. The van der Waals surface area contributed by atoms with E-state index in [9.17, 15) is 9.59 Å². The van der Waals surface area contributed by atoms with E-state index in [2.05, 4.69) is 36.2 Å². The van der Waals surface area contributed by atoms with Gasteiger partial charge in [-0.05, 0) is 63.8 Å². The second kappa shape index (κ2) is 9.94. The van der Waals surface area contributed by atoms with Crippen molar-refractivity contribution in [2.24, 2.45) is 11.8 Å². The molecule has 0 aromatic heterocycles. The van der Waals surface area contributed by atoms with Crippen LogP contribution in [-0.4, -0.2) is 42.9 Å². The lowest BCUT2D eigenvalue weighted by molar-refractivity contribution is -0.139. The summed E-state index contributed by atoms with van der Waals surface area (Å²) in [5.41, 5.74) is 2.03. The number of anilines is 2. The molecule has 1 aromatic carbocycles. The molecule has 0 unspecified atom stereocenters. The third-order valence-corrected chi connectivity index (χ3v) is 6.40. The van der Waals surface area contributed by atoms with Crippen molar-refractivity contribution in [3.05, 3.63) is 24.3 Å². The topological polar surface area (TPSA) is 52.7 Å². The van der Waals surface area contributed by atoms with Gasteiger partial charge in [-0.15, -0.1) is 0 Å². The van der Waals surface area contributed by atoms with Gasteiger partial charge >= 0.3 is 0 Å². The van der Waals surface area contributed by atoms with Crippen LogP contribution in [0.4, 0.5) is 11.4 Å². The number of amides is 2. The van der Waals surface area contributed by atoms with E-state index in [1.54, 1.807) is 0 Å². The van der Waals surface area contributed by atoms with Crippen LogP contribution in [-0.2, 0) is 9.59 Å². The van der Waals surface area contributed by atoms with Crippen LogP contribution in [0.25, 0.3) is 0 Å². The molecule has 1 saturated heterocycles. The highest BCUT2D eigenvalue weighted by Crippen LogP contribution is 2.28. The van der Waals surface area contributed by atoms with E-state index in [0.717, 1.165) is 44.5 Å². The maximum absolute atomic E-state index is 12.7. The van der Waals surface area contributed by atoms with Crippen LogP contribution in [0.5, 0.6) is 0 Å². The number of likely N-dealkylation sites (tertiary alicyclic amines) is 1. The molecule has 0 bridgehead atoms. The van der Waals surface area contributed by atoms with Gasteiger partial charge in [0, 0.05) is 49.4 Å². The molecule has 2 aliphatic rings. The van der Waals surface area contributed by atoms with E-state index in [1.807, 2.05) is 17.0 Å². The summed E-state index contributed by atoms with van der Waals surface area (Å²) < 4.78 is 0. The van der Waals surface area contributed by atoms with Crippen molar-refractivity contribution in [1.29, 1.82) is 0 Å². The number of benzene rings is 1. The molecule has 1 aromatic rings. The lowest BCUT2D eigenvalue weighted by atomic mass is 9.87. The molecule has 0 radical (unpaired) electrons. The molecule has 5 nitrogen and oxygen atoms in total. The number of hydrogen-bond donors (Lipinski definition) is 1. The zero-order valence-electron chi connectivity index (χ0n) is 17.5. The first-order valence-electron chi connectivity index (χ1n) is 11.1. The Hall–Kier alpha value is -2.04. The molecule has 2 amide bonds. The molecule has 3 rings (SSSR count). The monoisotopic (exact) mass is 385 g/mol. The lowest BCUT2D eigenvalue weighted by Gasteiger charge is -2.34. The Balaban J connectivity index is 1.48. The molecule has 1 heterocycles. The molecule has 0 spiro atoms. The van der Waals surface area contributed by atoms with Gasteiger partial charge in [-0.1, -0.05) is 19.3 Å². The van der Waals surface area contributed by atoms with E-state index in [4.69, 9.17) is 0 Å². The highest BCUT2D eigenvalue weighted by atomic mass is 16.2. The van der Waals surface area contributed by atoms with Crippen molar-refractivity contribution in [1.82, 2.24) is 4.90 Å². The lowest BCUT2D eigenvalue weighted by Crippen LogP contribution is -2.44. The van der Waals surface area contributed by atoms with E-state index in [1.165, 1.54) is 24.9 Å². The van der Waals surface area contributed by atoms with Crippen molar-refractivity contribution in [2.45, 2.75) is 58.8 Å². The SMILES string of the molecule is CCN(CC)c1ccc(NC(=O)C2CCN(C(=O)C3CCCCC3)CC2)cc1. The molecule has 5 heteroatoms. The summed E-state index contributed by atoms with van der Waals surface area (Å²) in [5, 5.41) is 3.06. The first-order valence-corrected chi connectivity index (χ1v) is 11.1. The zero-order valence-corrected chi connectivity index (χ0v) is 17.5. The van der Waals surface area contributed by atoms with Crippen LogP contribution in [0.15, 0.2) is 24.3 Å². The van der Waals surface area contributed by atoms with Gasteiger partial charge in [0.1, 0.15) is 0 Å². The Bertz CT molecular complexity index is 640. The molecule has 1 N–H and O–H groups in total. The number of rotatable bonds is 6. The van der Waals surface area contributed by atoms with Gasteiger partial charge in [-0.2, -0.15) is 0 Å². The Morgan fingerprint density at radius 3 is 2.11 bits per heavy atom. The minimum atomic E-state index is -0.00198. The van der Waals surface area contributed by atoms with Gasteiger partial charge in [0.15, 0.2) is 0 Å². The fourth-order valence-electron chi connectivity index (χ4n) is 4.56. The number of nitrogens with one attached hydrogen (secondary N) is 1. The van der Waals surface area contributed by atoms with Crippen molar-refractivity contribution in [2.75, 3.05) is 36.4 Å². The summed E-state index contributed by atoms with van der Waals surface area (Å²) >= 11 is 0. The van der Waals surface area contributed by atoms with E-state index < -0.39 is 0 Å². The first-order chi connectivity index (χ1) is 13.6. The molecule has 0 atom stereocenters. The molecule has 2 fully saturated rings. The Morgan fingerprint density at radius 2 is 1.54 bits per heavy atom. The fraction of sp³-hybridized carbons (Fsp3) is 0.652. The maximum atomic E-state index is 12.7. The molecule has 154 valence electrons. The first kappa shape index (κ1) is 20.7. The average molecular weight is 386 g/mol. The predicted molar refractivity (Wildman–Crippen MR) is 115 cm³/mol. The number of hydrogen-bond acceptors (Lipinski definition) is 3. The molecule has 28 heavy (non-hydrogen) atoms. The maximum Gasteiger partial charge on any atom is 0.227 e. The summed E-state index contributed by atoms with van der Waals surface area (Å²) in [4.78, 5) is 29.6. The molecule has 1 aliphatic heterocycles. The Kier molecular flexibility index (Phi) is 7.35. The largest absolute Gasteiger partial charge is 0.372 e. The van der Waals surface area contributed by atoms with Gasteiger partial charge in [-0.3, -0.25) is 9.59 Å². The zero-order chi connectivity index (χ0) is 19.9. The van der Waals surface area contributed by atoms with E-state index >= 15 is 0 Å². The minimum Gasteiger partial charge on any atom is -0.372 e. The normalized spacial score (nSPS) is 18.7. The van der Waals surface area contributed by atoms with Crippen molar-refractivity contribution < 1.29 is 9.59 Å². The van der Waals surface area contributed by atoms with Crippen LogP contribution in [0, 0.1) is 11.8 Å². The van der Waals surface area contributed by atoms with Crippen molar-refractivity contribution >= 4 is 23.2 Å². The highest BCUT2D eigenvalue weighted by molar-refractivity contribution is 5.93. The second-order valence-corrected chi connectivity index (χ2v) is 8.14. The summed E-state index contributed by atoms with van der Waals surface area (Å²) in [6.45, 7) is 7.67. The highest BCUT2D eigenvalue weighted by Gasteiger charge is 2.31. The molecular formula is C23H35N3O2. The Labute approximate surface area is 169 Å². The molecule has 1 saturated carbocycles. The number of nitrogens with zero attached hydrogens (tertiary/aromatic N) is 2. The molecule has 1 aliphatic carbocycles. The minimum absolute atomic E-state index is 0.00198. The summed E-state index contributed by atoms with van der Waals surface area (Å²) in [5.74, 6) is 0.632. The smallest absolute Gasteiger partial charge is 0.227 e. The fourth-order valence-corrected chi connectivity index (χ4v) is 4.56. The van der Waals surface area contributed by atoms with Crippen LogP contribution in [0.1, 0.15) is 58.8 Å². The van der Waals surface area contributed by atoms with Crippen molar-refractivity contribution in [3.8, 4) is 0 Å². The van der Waals surface area contributed by atoms with Gasteiger partial charge in [0.2, 0.25) is 11.8 Å². The number of piperidine rings is 1. The third kappa shape index (κ3) is 5.06. The van der Waals surface area contributed by atoms with Gasteiger partial charge in [0.05, 0.1) is 0 Å². The van der Waals surface area contributed by atoms with Gasteiger partial charge in [-0.25, -0.2) is 0 Å². The average Bonchev–Trinajstić information content (AvgIpc) is 2.76. The predicted octanol–water partition coefficient (Wildman–Crippen LogP) is 4.29. The van der Waals surface area contributed by atoms with E-state index in [-0.39, 0.29) is 17.7 Å². The van der Waals surface area contributed by atoms with Crippen LogP contribution in [0.2, 0.25) is 0 Å².